The molecule has 0 atom stereocenters. The van der Waals surface area contributed by atoms with Crippen LogP contribution in [-0.4, -0.2) is 48.0 Å². The van der Waals surface area contributed by atoms with Crippen LogP contribution in [0.25, 0.3) is 0 Å². The molecule has 7 nitrogen and oxygen atoms in total. The Kier molecular flexibility index (Phi) is 5.09. The molecule has 1 rings (SSSR count). The molecule has 0 bridgehead atoms. The third kappa shape index (κ3) is 3.92. The summed E-state index contributed by atoms with van der Waals surface area (Å²) in [6.07, 6.45) is 0. The molecule has 1 aromatic rings. The summed E-state index contributed by atoms with van der Waals surface area (Å²) in [4.78, 5) is 21.2. The van der Waals surface area contributed by atoms with Gasteiger partial charge in [-0.05, 0) is 30.7 Å². The molecule has 0 aromatic heterocycles. The van der Waals surface area contributed by atoms with E-state index in [4.69, 9.17) is 21.8 Å². The quantitative estimate of drug-likeness (QED) is 0.801. The van der Waals surface area contributed by atoms with E-state index in [1.54, 1.807) is 0 Å². The Balaban J connectivity index is 3.28. The molecule has 0 unspecified atom stereocenters. The normalized spacial score (nSPS) is 11.6. The Morgan fingerprint density at radius 1 is 1.20 bits per heavy atom. The fraction of sp³-hybridized carbons (Fsp3) is 0.273. The minimum Gasteiger partial charge on any atom is -0.480 e. The number of rotatable bonds is 6. The van der Waals surface area contributed by atoms with E-state index in [1.807, 2.05) is 0 Å². The Morgan fingerprint density at radius 2 is 1.70 bits per heavy atom. The first kappa shape index (κ1) is 16.4. The maximum Gasteiger partial charge on any atom is 0.318 e. The van der Waals surface area contributed by atoms with Crippen molar-refractivity contribution in [3.63, 3.8) is 0 Å². The van der Waals surface area contributed by atoms with E-state index in [-0.39, 0.29) is 4.90 Å². The lowest BCUT2D eigenvalue weighted by molar-refractivity contribution is -0.139. The van der Waals surface area contributed by atoms with Gasteiger partial charge in [0.2, 0.25) is 10.0 Å². The molecule has 20 heavy (non-hydrogen) atoms. The van der Waals surface area contributed by atoms with Gasteiger partial charge in [0, 0.05) is 5.02 Å². The molecule has 0 aliphatic carbocycles. The number of sulfonamides is 1. The average molecular weight is 322 g/mol. The monoisotopic (exact) mass is 321 g/mol. The molecule has 0 saturated heterocycles. The first-order chi connectivity index (χ1) is 9.14. The number of benzene rings is 1. The smallest absolute Gasteiger partial charge is 0.318 e. The van der Waals surface area contributed by atoms with Crippen LogP contribution < -0.4 is 0 Å². The second-order valence-corrected chi connectivity index (χ2v) is 6.31. The standard InChI is InChI=1S/C11H12ClNO6S/c1-7-4-8(12)2-3-9(7)20(18,19)13(5-10(14)15)6-11(16)17/h2-4H,5-6H2,1H3,(H,14,15)(H,16,17). The van der Waals surface area contributed by atoms with Crippen LogP contribution in [0, 0.1) is 6.92 Å². The molecule has 0 fully saturated rings. The van der Waals surface area contributed by atoms with E-state index < -0.39 is 35.1 Å². The number of carboxylic acid groups (broad SMARTS) is 2. The Morgan fingerprint density at radius 3 is 2.10 bits per heavy atom. The highest BCUT2D eigenvalue weighted by molar-refractivity contribution is 7.89. The van der Waals surface area contributed by atoms with Crippen molar-refractivity contribution in [1.29, 1.82) is 0 Å². The summed E-state index contributed by atoms with van der Waals surface area (Å²) in [6.45, 7) is -0.383. The van der Waals surface area contributed by atoms with Crippen LogP contribution in [-0.2, 0) is 19.6 Å². The molecule has 110 valence electrons. The zero-order valence-corrected chi connectivity index (χ0v) is 12.0. The van der Waals surface area contributed by atoms with Crippen LogP contribution in [0.5, 0.6) is 0 Å². The van der Waals surface area contributed by atoms with E-state index >= 15 is 0 Å². The highest BCUT2D eigenvalue weighted by Crippen LogP contribution is 2.22. The number of hydrogen-bond acceptors (Lipinski definition) is 4. The lowest BCUT2D eigenvalue weighted by atomic mass is 10.2. The van der Waals surface area contributed by atoms with Crippen molar-refractivity contribution < 1.29 is 28.2 Å². The third-order valence-corrected chi connectivity index (χ3v) is 4.57. The summed E-state index contributed by atoms with van der Waals surface area (Å²) in [5, 5.41) is 17.7. The van der Waals surface area contributed by atoms with Crippen molar-refractivity contribution in [1.82, 2.24) is 4.31 Å². The van der Waals surface area contributed by atoms with Crippen LogP contribution in [0.3, 0.4) is 0 Å². The van der Waals surface area contributed by atoms with Gasteiger partial charge in [-0.1, -0.05) is 11.6 Å². The number of carboxylic acids is 2. The summed E-state index contributed by atoms with van der Waals surface area (Å²) < 4.78 is 25.0. The largest absolute Gasteiger partial charge is 0.480 e. The van der Waals surface area contributed by atoms with Crippen molar-refractivity contribution in [2.75, 3.05) is 13.1 Å². The molecule has 0 heterocycles. The van der Waals surface area contributed by atoms with Gasteiger partial charge in [-0.15, -0.1) is 0 Å². The molecule has 2 N–H and O–H groups in total. The second-order valence-electron chi connectivity index (χ2n) is 3.97. The Labute approximate surface area is 120 Å². The van der Waals surface area contributed by atoms with Gasteiger partial charge in [0.05, 0.1) is 4.90 Å². The van der Waals surface area contributed by atoms with Gasteiger partial charge in [-0.3, -0.25) is 9.59 Å². The SMILES string of the molecule is Cc1cc(Cl)ccc1S(=O)(=O)N(CC(=O)O)CC(=O)O. The van der Waals surface area contributed by atoms with E-state index in [0.29, 0.717) is 14.9 Å². The number of aryl methyl sites for hydroxylation is 1. The summed E-state index contributed by atoms with van der Waals surface area (Å²) in [5.74, 6) is -2.89. The summed E-state index contributed by atoms with van der Waals surface area (Å²) in [5.41, 5.74) is 0.304. The minimum atomic E-state index is -4.23. The van der Waals surface area contributed by atoms with Gasteiger partial charge in [0.1, 0.15) is 13.1 Å². The molecule has 9 heteroatoms. The number of carbonyl (C=O) groups is 2. The molecule has 0 spiro atoms. The van der Waals surface area contributed by atoms with Crippen molar-refractivity contribution in [3.05, 3.63) is 28.8 Å². The van der Waals surface area contributed by atoms with E-state index in [9.17, 15) is 18.0 Å². The molecule has 0 aliphatic heterocycles. The Hall–Kier alpha value is -1.64. The average Bonchev–Trinajstić information content (AvgIpc) is 2.26. The molecule has 0 radical (unpaired) electrons. The van der Waals surface area contributed by atoms with Gasteiger partial charge in [0.15, 0.2) is 0 Å². The van der Waals surface area contributed by atoms with Crippen molar-refractivity contribution in [2.45, 2.75) is 11.8 Å². The maximum atomic E-state index is 12.3. The van der Waals surface area contributed by atoms with Crippen LogP contribution in [0.15, 0.2) is 23.1 Å². The number of hydrogen-bond donors (Lipinski definition) is 2. The van der Waals surface area contributed by atoms with Crippen molar-refractivity contribution >= 4 is 33.6 Å². The van der Waals surface area contributed by atoms with Crippen molar-refractivity contribution in [3.8, 4) is 0 Å². The lowest BCUT2D eigenvalue weighted by Crippen LogP contribution is -2.39. The van der Waals surface area contributed by atoms with Crippen LogP contribution >= 0.6 is 11.6 Å². The molecule has 1 aromatic carbocycles. The molecular formula is C11H12ClNO6S. The first-order valence-electron chi connectivity index (χ1n) is 5.34. The second kappa shape index (κ2) is 6.21. The highest BCUT2D eigenvalue weighted by atomic mass is 35.5. The number of nitrogens with zero attached hydrogens (tertiary/aromatic N) is 1. The van der Waals surface area contributed by atoms with Crippen molar-refractivity contribution in [2.24, 2.45) is 0 Å². The van der Waals surface area contributed by atoms with Gasteiger partial charge in [0.25, 0.3) is 0 Å². The van der Waals surface area contributed by atoms with E-state index in [1.165, 1.54) is 25.1 Å². The summed E-state index contributed by atoms with van der Waals surface area (Å²) >= 11 is 5.72. The third-order valence-electron chi connectivity index (χ3n) is 2.38. The Bertz CT molecular complexity index is 626. The van der Waals surface area contributed by atoms with Crippen LogP contribution in [0.1, 0.15) is 5.56 Å². The predicted octanol–water partition coefficient (Wildman–Crippen LogP) is 0.808. The lowest BCUT2D eigenvalue weighted by Gasteiger charge is -2.19. The zero-order chi connectivity index (χ0) is 15.5. The molecule has 0 aliphatic rings. The summed E-state index contributed by atoms with van der Waals surface area (Å²) in [7, 11) is -4.23. The molecule has 0 amide bonds. The number of aliphatic carboxylic acids is 2. The topological polar surface area (TPSA) is 112 Å². The van der Waals surface area contributed by atoms with E-state index in [2.05, 4.69) is 0 Å². The fourth-order valence-corrected chi connectivity index (χ4v) is 3.34. The van der Waals surface area contributed by atoms with Gasteiger partial charge in [-0.2, -0.15) is 4.31 Å². The van der Waals surface area contributed by atoms with Gasteiger partial charge in [-0.25, -0.2) is 8.42 Å². The minimum absolute atomic E-state index is 0.176. The first-order valence-corrected chi connectivity index (χ1v) is 7.16. The maximum absolute atomic E-state index is 12.3. The predicted molar refractivity (Wildman–Crippen MR) is 70.2 cm³/mol. The van der Waals surface area contributed by atoms with Crippen LogP contribution in [0.2, 0.25) is 5.02 Å². The fourth-order valence-electron chi connectivity index (χ4n) is 1.57. The zero-order valence-electron chi connectivity index (χ0n) is 10.4. The molecule has 0 saturated carbocycles. The van der Waals surface area contributed by atoms with Gasteiger partial charge < -0.3 is 10.2 Å². The molecular weight excluding hydrogens is 310 g/mol. The summed E-state index contributed by atoms with van der Waals surface area (Å²) in [6, 6.07) is 3.94. The number of halogens is 1. The van der Waals surface area contributed by atoms with Gasteiger partial charge >= 0.3 is 11.9 Å². The highest BCUT2D eigenvalue weighted by Gasteiger charge is 2.29. The van der Waals surface area contributed by atoms with E-state index in [0.717, 1.165) is 0 Å². The van der Waals surface area contributed by atoms with Crippen LogP contribution in [0.4, 0.5) is 0 Å².